The molecule has 30 heavy (non-hydrogen) atoms. The highest BCUT2D eigenvalue weighted by molar-refractivity contribution is 7.92. The van der Waals surface area contributed by atoms with Gasteiger partial charge in [-0.15, -0.1) is 0 Å². The minimum absolute atomic E-state index is 0.0579. The quantitative estimate of drug-likeness (QED) is 0.594. The largest absolute Gasteiger partial charge is 0.497 e. The third-order valence-electron chi connectivity index (χ3n) is 4.44. The number of methoxy groups -OCH3 is 2. The minimum atomic E-state index is -3.89. The maximum absolute atomic E-state index is 12.9. The molecular formula is C22H22N2O5S. The molecule has 0 saturated carbocycles. The number of sulfonamides is 1. The van der Waals surface area contributed by atoms with Gasteiger partial charge in [0, 0.05) is 17.3 Å². The SMILES string of the molecule is COc1ccc(OC)c(NS(=O)(=O)c2ccc(NC(=O)c3ccccc3)c(C)c2)c1. The molecule has 0 bridgehead atoms. The fourth-order valence-electron chi connectivity index (χ4n) is 2.83. The van der Waals surface area contributed by atoms with E-state index >= 15 is 0 Å². The Morgan fingerprint density at radius 2 is 1.60 bits per heavy atom. The summed E-state index contributed by atoms with van der Waals surface area (Å²) in [6, 6.07) is 18.1. The van der Waals surface area contributed by atoms with Gasteiger partial charge in [-0.05, 0) is 55.0 Å². The molecule has 7 nitrogen and oxygen atoms in total. The van der Waals surface area contributed by atoms with Crippen molar-refractivity contribution in [3.05, 3.63) is 77.9 Å². The van der Waals surface area contributed by atoms with Gasteiger partial charge in [-0.3, -0.25) is 9.52 Å². The highest BCUT2D eigenvalue weighted by Gasteiger charge is 2.19. The summed E-state index contributed by atoms with van der Waals surface area (Å²) in [5.74, 6) is 0.583. The number of carbonyl (C=O) groups excluding carboxylic acids is 1. The van der Waals surface area contributed by atoms with Crippen LogP contribution in [0.5, 0.6) is 11.5 Å². The van der Waals surface area contributed by atoms with Crippen LogP contribution in [-0.4, -0.2) is 28.5 Å². The Morgan fingerprint density at radius 1 is 0.867 bits per heavy atom. The summed E-state index contributed by atoms with van der Waals surface area (Å²) in [4.78, 5) is 12.4. The van der Waals surface area contributed by atoms with Crippen LogP contribution in [0.15, 0.2) is 71.6 Å². The van der Waals surface area contributed by atoms with Crippen LogP contribution in [-0.2, 0) is 10.0 Å². The van der Waals surface area contributed by atoms with Crippen molar-refractivity contribution in [3.63, 3.8) is 0 Å². The molecule has 3 aromatic carbocycles. The fraction of sp³-hybridized carbons (Fsp3) is 0.136. The molecule has 0 aliphatic heterocycles. The Balaban J connectivity index is 1.84. The van der Waals surface area contributed by atoms with Crippen molar-refractivity contribution in [1.29, 1.82) is 0 Å². The molecule has 2 N–H and O–H groups in total. The van der Waals surface area contributed by atoms with Crippen LogP contribution in [0.3, 0.4) is 0 Å². The van der Waals surface area contributed by atoms with E-state index in [1.54, 1.807) is 49.4 Å². The number of benzene rings is 3. The van der Waals surface area contributed by atoms with Crippen molar-refractivity contribution in [2.75, 3.05) is 24.3 Å². The van der Waals surface area contributed by atoms with Crippen LogP contribution in [0.4, 0.5) is 11.4 Å². The lowest BCUT2D eigenvalue weighted by molar-refractivity contribution is 0.102. The van der Waals surface area contributed by atoms with E-state index in [1.165, 1.54) is 32.4 Å². The normalized spacial score (nSPS) is 10.9. The van der Waals surface area contributed by atoms with E-state index in [-0.39, 0.29) is 16.5 Å². The highest BCUT2D eigenvalue weighted by Crippen LogP contribution is 2.31. The van der Waals surface area contributed by atoms with Gasteiger partial charge >= 0.3 is 0 Å². The number of hydrogen-bond acceptors (Lipinski definition) is 5. The first-order chi connectivity index (χ1) is 14.3. The number of ether oxygens (including phenoxy) is 2. The first-order valence-electron chi connectivity index (χ1n) is 9.06. The van der Waals surface area contributed by atoms with Crippen LogP contribution in [0.2, 0.25) is 0 Å². The van der Waals surface area contributed by atoms with Gasteiger partial charge in [-0.25, -0.2) is 8.42 Å². The van der Waals surface area contributed by atoms with Crippen molar-refractivity contribution < 1.29 is 22.7 Å². The fourth-order valence-corrected chi connectivity index (χ4v) is 3.97. The van der Waals surface area contributed by atoms with Crippen molar-refractivity contribution >= 4 is 27.3 Å². The number of hydrogen-bond donors (Lipinski definition) is 2. The van der Waals surface area contributed by atoms with Crippen molar-refractivity contribution in [3.8, 4) is 11.5 Å². The molecule has 3 aromatic rings. The molecule has 0 aromatic heterocycles. The molecule has 0 radical (unpaired) electrons. The molecule has 1 amide bonds. The zero-order valence-corrected chi connectivity index (χ0v) is 17.6. The first-order valence-corrected chi connectivity index (χ1v) is 10.5. The van der Waals surface area contributed by atoms with Gasteiger partial charge in [0.05, 0.1) is 24.8 Å². The average Bonchev–Trinajstić information content (AvgIpc) is 2.75. The standard InChI is InChI=1S/C22H22N2O5S/c1-15-13-18(10-11-19(15)23-22(25)16-7-5-4-6-8-16)30(26,27)24-20-14-17(28-2)9-12-21(20)29-3/h4-14,24H,1-3H3,(H,23,25). The Bertz CT molecular complexity index is 1160. The lowest BCUT2D eigenvalue weighted by Gasteiger charge is -2.14. The minimum Gasteiger partial charge on any atom is -0.497 e. The van der Waals surface area contributed by atoms with Gasteiger partial charge in [0.2, 0.25) is 0 Å². The van der Waals surface area contributed by atoms with Crippen LogP contribution < -0.4 is 19.5 Å². The molecule has 0 fully saturated rings. The first kappa shape index (κ1) is 21.2. The zero-order valence-electron chi connectivity index (χ0n) is 16.8. The smallest absolute Gasteiger partial charge is 0.262 e. The predicted molar refractivity (Wildman–Crippen MR) is 116 cm³/mol. The summed E-state index contributed by atoms with van der Waals surface area (Å²) in [6.45, 7) is 1.73. The highest BCUT2D eigenvalue weighted by atomic mass is 32.2. The Hall–Kier alpha value is -3.52. The number of aryl methyl sites for hydroxylation is 1. The van der Waals surface area contributed by atoms with E-state index in [0.29, 0.717) is 28.3 Å². The molecule has 0 saturated heterocycles. The molecule has 3 rings (SSSR count). The van der Waals surface area contributed by atoms with E-state index < -0.39 is 10.0 Å². The summed E-state index contributed by atoms with van der Waals surface area (Å²) in [7, 11) is -0.945. The van der Waals surface area contributed by atoms with Crippen LogP contribution >= 0.6 is 0 Å². The van der Waals surface area contributed by atoms with Crippen LogP contribution in [0, 0.1) is 6.92 Å². The van der Waals surface area contributed by atoms with Gasteiger partial charge < -0.3 is 14.8 Å². The number of nitrogens with one attached hydrogen (secondary N) is 2. The van der Waals surface area contributed by atoms with Crippen molar-refractivity contribution in [2.45, 2.75) is 11.8 Å². The topological polar surface area (TPSA) is 93.7 Å². The van der Waals surface area contributed by atoms with E-state index in [1.807, 2.05) is 6.07 Å². The third kappa shape index (κ3) is 4.72. The summed E-state index contributed by atoms with van der Waals surface area (Å²) in [5, 5.41) is 2.80. The second-order valence-corrected chi connectivity index (χ2v) is 8.15. The van der Waals surface area contributed by atoms with Gasteiger partial charge in [0.1, 0.15) is 11.5 Å². The molecule has 0 unspecified atom stereocenters. The molecule has 0 spiro atoms. The Kier molecular flexibility index (Phi) is 6.27. The predicted octanol–water partition coefficient (Wildman–Crippen LogP) is 4.07. The molecule has 156 valence electrons. The molecule has 0 aliphatic carbocycles. The second-order valence-electron chi connectivity index (χ2n) is 6.47. The Labute approximate surface area is 175 Å². The number of carbonyl (C=O) groups is 1. The number of rotatable bonds is 7. The number of anilines is 2. The van der Waals surface area contributed by atoms with E-state index in [2.05, 4.69) is 10.0 Å². The molecule has 0 atom stereocenters. The molecule has 8 heteroatoms. The van der Waals surface area contributed by atoms with E-state index in [9.17, 15) is 13.2 Å². The van der Waals surface area contributed by atoms with Gasteiger partial charge in [-0.2, -0.15) is 0 Å². The third-order valence-corrected chi connectivity index (χ3v) is 5.81. The Morgan fingerprint density at radius 3 is 2.23 bits per heavy atom. The van der Waals surface area contributed by atoms with Gasteiger partial charge in [-0.1, -0.05) is 18.2 Å². The number of amides is 1. The lowest BCUT2D eigenvalue weighted by atomic mass is 10.1. The summed E-state index contributed by atoms with van der Waals surface area (Å²) >= 11 is 0. The van der Waals surface area contributed by atoms with Crippen molar-refractivity contribution in [2.24, 2.45) is 0 Å². The van der Waals surface area contributed by atoms with Crippen LogP contribution in [0.1, 0.15) is 15.9 Å². The molecule has 0 aliphatic rings. The second kappa shape index (κ2) is 8.87. The van der Waals surface area contributed by atoms with Gasteiger partial charge in [0.25, 0.3) is 15.9 Å². The maximum atomic E-state index is 12.9. The average molecular weight is 426 g/mol. The van der Waals surface area contributed by atoms with E-state index in [4.69, 9.17) is 9.47 Å². The van der Waals surface area contributed by atoms with E-state index in [0.717, 1.165) is 0 Å². The van der Waals surface area contributed by atoms with Crippen LogP contribution in [0.25, 0.3) is 0 Å². The molecular weight excluding hydrogens is 404 g/mol. The zero-order chi connectivity index (χ0) is 21.7. The monoisotopic (exact) mass is 426 g/mol. The summed E-state index contributed by atoms with van der Waals surface area (Å²) < 4.78 is 38.7. The molecule has 0 heterocycles. The lowest BCUT2D eigenvalue weighted by Crippen LogP contribution is -2.15. The summed E-state index contributed by atoms with van der Waals surface area (Å²) in [5.41, 5.74) is 1.91. The maximum Gasteiger partial charge on any atom is 0.262 e. The summed E-state index contributed by atoms with van der Waals surface area (Å²) in [6.07, 6.45) is 0. The van der Waals surface area contributed by atoms with Gasteiger partial charge in [0.15, 0.2) is 0 Å². The van der Waals surface area contributed by atoms with Crippen molar-refractivity contribution in [1.82, 2.24) is 0 Å².